The number of rotatable bonds is 5. The Labute approximate surface area is 124 Å². The lowest BCUT2D eigenvalue weighted by Crippen LogP contribution is -2.39. The third-order valence-corrected chi connectivity index (χ3v) is 4.00. The summed E-state index contributed by atoms with van der Waals surface area (Å²) >= 11 is 0. The molecule has 0 spiro atoms. The van der Waals surface area contributed by atoms with Crippen LogP contribution in [0.5, 0.6) is 5.75 Å². The SMILES string of the molecule is CCCCOc1cnc2c(c1)ncnc2[C@H]1C[C@@](C)(O)C1. The molecule has 0 saturated heterocycles. The Morgan fingerprint density at radius 1 is 1.33 bits per heavy atom. The molecule has 2 heterocycles. The lowest BCUT2D eigenvalue weighted by molar-refractivity contribution is -0.0320. The van der Waals surface area contributed by atoms with E-state index in [-0.39, 0.29) is 5.92 Å². The van der Waals surface area contributed by atoms with Gasteiger partial charge in [0, 0.05) is 12.0 Å². The van der Waals surface area contributed by atoms with E-state index in [1.807, 2.05) is 13.0 Å². The second kappa shape index (κ2) is 5.56. The van der Waals surface area contributed by atoms with Crippen molar-refractivity contribution < 1.29 is 9.84 Å². The number of fused-ring (bicyclic) bond motifs is 1. The fraction of sp³-hybridized carbons (Fsp3) is 0.562. The number of unbranched alkanes of at least 4 members (excludes halogenated alkanes) is 1. The van der Waals surface area contributed by atoms with Crippen molar-refractivity contribution in [1.82, 2.24) is 15.0 Å². The maximum Gasteiger partial charge on any atom is 0.139 e. The van der Waals surface area contributed by atoms with Gasteiger partial charge in [0.25, 0.3) is 0 Å². The molecular weight excluding hydrogens is 266 g/mol. The number of nitrogens with zero attached hydrogens (tertiary/aromatic N) is 3. The van der Waals surface area contributed by atoms with Crippen LogP contribution in [0.4, 0.5) is 0 Å². The Balaban J connectivity index is 1.83. The van der Waals surface area contributed by atoms with Crippen LogP contribution in [0.1, 0.15) is 51.1 Å². The highest BCUT2D eigenvalue weighted by Crippen LogP contribution is 2.44. The summed E-state index contributed by atoms with van der Waals surface area (Å²) in [5.74, 6) is 1.02. The smallest absolute Gasteiger partial charge is 0.139 e. The molecule has 1 N–H and O–H groups in total. The topological polar surface area (TPSA) is 68.1 Å². The molecule has 5 nitrogen and oxygen atoms in total. The van der Waals surface area contributed by atoms with Crippen molar-refractivity contribution in [2.24, 2.45) is 0 Å². The third kappa shape index (κ3) is 2.97. The van der Waals surface area contributed by atoms with Gasteiger partial charge in [-0.05, 0) is 26.2 Å². The number of ether oxygens (including phenoxy) is 1. The monoisotopic (exact) mass is 287 g/mol. The molecule has 1 aliphatic rings. The summed E-state index contributed by atoms with van der Waals surface area (Å²) in [7, 11) is 0. The minimum absolute atomic E-state index is 0.268. The predicted octanol–water partition coefficient (Wildman–Crippen LogP) is 2.83. The molecule has 0 aromatic carbocycles. The highest BCUT2D eigenvalue weighted by Gasteiger charge is 2.40. The molecular formula is C16H21N3O2. The Morgan fingerprint density at radius 2 is 2.14 bits per heavy atom. The molecule has 0 radical (unpaired) electrons. The standard InChI is InChI=1S/C16H21N3O2/c1-3-4-5-21-12-6-13-15(17-9-12)14(19-10-18-13)11-7-16(2,20)8-11/h6,9-11,20H,3-5,7-8H2,1-2H3/t11-,16+. The largest absolute Gasteiger partial charge is 0.492 e. The van der Waals surface area contributed by atoms with E-state index < -0.39 is 5.60 Å². The van der Waals surface area contributed by atoms with Crippen LogP contribution in [0.2, 0.25) is 0 Å². The minimum atomic E-state index is -0.564. The summed E-state index contributed by atoms with van der Waals surface area (Å²) in [5.41, 5.74) is 2.00. The highest BCUT2D eigenvalue weighted by atomic mass is 16.5. The quantitative estimate of drug-likeness (QED) is 0.856. The zero-order chi connectivity index (χ0) is 14.9. The van der Waals surface area contributed by atoms with E-state index in [4.69, 9.17) is 4.74 Å². The van der Waals surface area contributed by atoms with E-state index in [9.17, 15) is 5.11 Å². The predicted molar refractivity (Wildman–Crippen MR) is 80.3 cm³/mol. The van der Waals surface area contributed by atoms with Crippen molar-refractivity contribution in [3.8, 4) is 5.75 Å². The third-order valence-electron chi connectivity index (χ3n) is 4.00. The van der Waals surface area contributed by atoms with Crippen LogP contribution in [0.25, 0.3) is 11.0 Å². The van der Waals surface area contributed by atoms with Gasteiger partial charge < -0.3 is 9.84 Å². The van der Waals surface area contributed by atoms with Gasteiger partial charge >= 0.3 is 0 Å². The molecule has 1 fully saturated rings. The Hall–Kier alpha value is -1.75. The number of hydrogen-bond acceptors (Lipinski definition) is 5. The van der Waals surface area contributed by atoms with Crippen molar-refractivity contribution >= 4 is 11.0 Å². The van der Waals surface area contributed by atoms with Crippen molar-refractivity contribution in [2.45, 2.75) is 51.0 Å². The van der Waals surface area contributed by atoms with Gasteiger partial charge in [-0.2, -0.15) is 0 Å². The Bertz CT molecular complexity index is 634. The average molecular weight is 287 g/mol. The second-order valence-corrected chi connectivity index (χ2v) is 6.10. The van der Waals surface area contributed by atoms with Gasteiger partial charge in [0.15, 0.2) is 0 Å². The van der Waals surface area contributed by atoms with Gasteiger partial charge in [0.2, 0.25) is 0 Å². The van der Waals surface area contributed by atoms with Crippen molar-refractivity contribution in [1.29, 1.82) is 0 Å². The van der Waals surface area contributed by atoms with Crippen LogP contribution in [-0.2, 0) is 0 Å². The van der Waals surface area contributed by atoms with E-state index in [1.165, 1.54) is 0 Å². The van der Waals surface area contributed by atoms with E-state index in [0.717, 1.165) is 48.2 Å². The summed E-state index contributed by atoms with van der Waals surface area (Å²) in [6, 6.07) is 1.92. The van der Waals surface area contributed by atoms with Crippen LogP contribution >= 0.6 is 0 Å². The van der Waals surface area contributed by atoms with Crippen LogP contribution in [0.3, 0.4) is 0 Å². The fourth-order valence-electron chi connectivity index (χ4n) is 2.85. The van der Waals surface area contributed by atoms with E-state index in [2.05, 4.69) is 21.9 Å². The van der Waals surface area contributed by atoms with E-state index in [0.29, 0.717) is 6.61 Å². The fourth-order valence-corrected chi connectivity index (χ4v) is 2.85. The maximum atomic E-state index is 9.90. The molecule has 1 aliphatic carbocycles. The molecule has 0 atom stereocenters. The Morgan fingerprint density at radius 3 is 2.86 bits per heavy atom. The molecule has 0 bridgehead atoms. The molecule has 21 heavy (non-hydrogen) atoms. The molecule has 3 rings (SSSR count). The lowest BCUT2D eigenvalue weighted by Gasteiger charge is -2.40. The summed E-state index contributed by atoms with van der Waals surface area (Å²) in [4.78, 5) is 13.1. The molecule has 1 saturated carbocycles. The second-order valence-electron chi connectivity index (χ2n) is 6.10. The first kappa shape index (κ1) is 14.2. The average Bonchev–Trinajstić information content (AvgIpc) is 2.44. The van der Waals surface area contributed by atoms with Crippen LogP contribution in [0, 0.1) is 0 Å². The number of pyridine rings is 1. The molecule has 0 amide bonds. The first-order valence-electron chi connectivity index (χ1n) is 7.55. The van der Waals surface area contributed by atoms with Gasteiger partial charge in [-0.15, -0.1) is 0 Å². The van der Waals surface area contributed by atoms with Gasteiger partial charge in [-0.1, -0.05) is 13.3 Å². The molecule has 0 unspecified atom stereocenters. The van der Waals surface area contributed by atoms with Crippen molar-refractivity contribution in [2.75, 3.05) is 6.61 Å². The Kier molecular flexibility index (Phi) is 3.76. The van der Waals surface area contributed by atoms with E-state index in [1.54, 1.807) is 12.5 Å². The first-order chi connectivity index (χ1) is 10.1. The van der Waals surface area contributed by atoms with Crippen LogP contribution < -0.4 is 4.74 Å². The maximum absolute atomic E-state index is 9.90. The first-order valence-corrected chi connectivity index (χ1v) is 7.55. The van der Waals surface area contributed by atoms with Crippen LogP contribution in [-0.4, -0.2) is 32.3 Å². The summed E-state index contributed by atoms with van der Waals surface area (Å²) in [5, 5.41) is 9.90. The van der Waals surface area contributed by atoms with Gasteiger partial charge in [-0.25, -0.2) is 15.0 Å². The lowest BCUT2D eigenvalue weighted by atomic mass is 9.70. The van der Waals surface area contributed by atoms with Crippen LogP contribution in [0.15, 0.2) is 18.6 Å². The van der Waals surface area contributed by atoms with Crippen molar-refractivity contribution in [3.05, 3.63) is 24.3 Å². The number of hydrogen-bond donors (Lipinski definition) is 1. The molecule has 5 heteroatoms. The highest BCUT2D eigenvalue weighted by molar-refractivity contribution is 5.78. The van der Waals surface area contributed by atoms with Gasteiger partial charge in [0.05, 0.1) is 29.6 Å². The zero-order valence-corrected chi connectivity index (χ0v) is 12.5. The summed E-state index contributed by atoms with van der Waals surface area (Å²) in [6.45, 7) is 4.70. The number of aromatic nitrogens is 3. The number of aliphatic hydroxyl groups is 1. The normalized spacial score (nSPS) is 24.8. The van der Waals surface area contributed by atoms with Gasteiger partial charge in [-0.3, -0.25) is 0 Å². The summed E-state index contributed by atoms with van der Waals surface area (Å²) in [6.07, 6.45) is 6.91. The zero-order valence-electron chi connectivity index (χ0n) is 12.5. The molecule has 112 valence electrons. The van der Waals surface area contributed by atoms with E-state index >= 15 is 0 Å². The molecule has 2 aromatic rings. The molecule has 0 aliphatic heterocycles. The molecule has 2 aromatic heterocycles. The van der Waals surface area contributed by atoms with Gasteiger partial charge in [0.1, 0.15) is 17.6 Å². The van der Waals surface area contributed by atoms with Crippen molar-refractivity contribution in [3.63, 3.8) is 0 Å². The minimum Gasteiger partial charge on any atom is -0.492 e. The summed E-state index contributed by atoms with van der Waals surface area (Å²) < 4.78 is 5.67.